The third-order valence-electron chi connectivity index (χ3n) is 4.31. The first-order valence-electron chi connectivity index (χ1n) is 8.49. The number of hydrogen-bond donors (Lipinski definition) is 1. The van der Waals surface area contributed by atoms with Crippen LogP contribution in [0.1, 0.15) is 32.6 Å². The highest BCUT2D eigenvalue weighted by Crippen LogP contribution is 2.25. The Morgan fingerprint density at radius 2 is 1.56 bits per heavy atom. The van der Waals surface area contributed by atoms with E-state index in [1.807, 2.05) is 20.8 Å². The van der Waals surface area contributed by atoms with Gasteiger partial charge in [0.05, 0.1) is 10.6 Å². The average molecular weight is 381 g/mol. The van der Waals surface area contributed by atoms with Crippen LogP contribution in [-0.4, -0.2) is 14.2 Å². The summed E-state index contributed by atoms with van der Waals surface area (Å²) in [6.45, 7) is 5.58. The largest absolute Gasteiger partial charge is 0.289 e. The van der Waals surface area contributed by atoms with E-state index in [9.17, 15) is 13.2 Å². The molecule has 1 aromatic heterocycles. The van der Waals surface area contributed by atoms with Crippen molar-refractivity contribution in [3.8, 4) is 0 Å². The molecule has 3 rings (SSSR count). The van der Waals surface area contributed by atoms with E-state index < -0.39 is 10.0 Å². The predicted octanol–water partition coefficient (Wildman–Crippen LogP) is 3.46. The highest BCUT2D eigenvalue weighted by Gasteiger charge is 2.21. The van der Waals surface area contributed by atoms with Crippen molar-refractivity contribution in [1.82, 2.24) is 0 Å². The molecule has 0 aliphatic carbocycles. The van der Waals surface area contributed by atoms with Crippen LogP contribution in [0.3, 0.4) is 0 Å². The predicted molar refractivity (Wildman–Crippen MR) is 104 cm³/mol. The molecular weight excluding hydrogens is 360 g/mol. The van der Waals surface area contributed by atoms with E-state index in [1.54, 1.807) is 60.9 Å². The van der Waals surface area contributed by atoms with Gasteiger partial charge in [0.1, 0.15) is 0 Å². The number of carbonyl (C=O) groups excluding carboxylic acids is 1. The molecule has 6 heteroatoms. The Morgan fingerprint density at radius 1 is 0.889 bits per heavy atom. The van der Waals surface area contributed by atoms with Crippen molar-refractivity contribution < 1.29 is 18.2 Å². The van der Waals surface area contributed by atoms with Gasteiger partial charge in [-0.15, -0.1) is 0 Å². The molecule has 0 saturated heterocycles. The summed E-state index contributed by atoms with van der Waals surface area (Å²) in [7, 11) is -3.80. The maximum absolute atomic E-state index is 13.1. The van der Waals surface area contributed by atoms with Gasteiger partial charge < -0.3 is 0 Å². The van der Waals surface area contributed by atoms with Gasteiger partial charge in [-0.2, -0.15) is 0 Å². The van der Waals surface area contributed by atoms with Gasteiger partial charge in [-0.05, 0) is 45.0 Å². The topological polar surface area (TPSA) is 77.4 Å². The van der Waals surface area contributed by atoms with Crippen LogP contribution in [0.2, 0.25) is 0 Å². The number of benzene rings is 2. The molecule has 27 heavy (non-hydrogen) atoms. The summed E-state index contributed by atoms with van der Waals surface area (Å²) in [6, 6.07) is 13.4. The number of aryl methyl sites for hydroxylation is 3. The first-order valence-corrected chi connectivity index (χ1v) is 9.98. The number of ketones is 1. The molecule has 0 aliphatic heterocycles. The number of hydrogen-bond acceptors (Lipinski definition) is 3. The van der Waals surface area contributed by atoms with Crippen molar-refractivity contribution in [2.24, 2.45) is 0 Å². The normalized spacial score (nSPS) is 11.2. The second-order valence-corrected chi connectivity index (χ2v) is 8.22. The number of H-pyrrole nitrogens is 1. The highest BCUT2D eigenvalue weighted by molar-refractivity contribution is 7.92. The summed E-state index contributed by atoms with van der Waals surface area (Å²) in [5, 5.41) is 0. The zero-order valence-corrected chi connectivity index (χ0v) is 16.2. The van der Waals surface area contributed by atoms with E-state index >= 15 is 0 Å². The molecule has 0 bridgehead atoms. The van der Waals surface area contributed by atoms with Crippen LogP contribution in [0.5, 0.6) is 0 Å². The van der Waals surface area contributed by atoms with Gasteiger partial charge in [0, 0.05) is 22.8 Å². The first kappa shape index (κ1) is 18.8. The van der Waals surface area contributed by atoms with E-state index in [0.29, 0.717) is 11.1 Å². The van der Waals surface area contributed by atoms with Crippen molar-refractivity contribution in [3.63, 3.8) is 0 Å². The lowest BCUT2D eigenvalue weighted by molar-refractivity contribution is -0.378. The molecule has 0 aliphatic rings. The number of aromatic amines is 1. The average Bonchev–Trinajstić information content (AvgIpc) is 2.63. The van der Waals surface area contributed by atoms with Crippen LogP contribution < -0.4 is 9.71 Å². The Kier molecular flexibility index (Phi) is 5.10. The molecule has 0 fully saturated rings. The van der Waals surface area contributed by atoms with Crippen molar-refractivity contribution in [2.75, 3.05) is 4.72 Å². The van der Waals surface area contributed by atoms with Crippen LogP contribution in [0.25, 0.3) is 0 Å². The molecule has 0 atom stereocenters. The van der Waals surface area contributed by atoms with Crippen molar-refractivity contribution in [1.29, 1.82) is 0 Å². The van der Waals surface area contributed by atoms with Gasteiger partial charge in [-0.3, -0.25) is 9.52 Å². The molecule has 0 unspecified atom stereocenters. The molecule has 138 valence electrons. The summed E-state index contributed by atoms with van der Waals surface area (Å²) >= 11 is 0. The van der Waals surface area contributed by atoms with Gasteiger partial charge >= 0.3 is 0 Å². The van der Waals surface area contributed by atoms with Gasteiger partial charge in [0.15, 0.2) is 18.2 Å². The lowest BCUT2D eigenvalue weighted by Gasteiger charge is -2.13. The van der Waals surface area contributed by atoms with E-state index in [1.165, 1.54) is 0 Å². The minimum absolute atomic E-state index is 0.151. The third-order valence-corrected chi connectivity index (χ3v) is 5.69. The Hall–Kier alpha value is -2.99. The quantitative estimate of drug-likeness (QED) is 0.688. The number of anilines is 1. The molecule has 3 aromatic rings. The van der Waals surface area contributed by atoms with Crippen molar-refractivity contribution in [3.05, 3.63) is 88.7 Å². The summed E-state index contributed by atoms with van der Waals surface area (Å²) < 4.78 is 28.1. The molecule has 0 spiro atoms. The third kappa shape index (κ3) is 4.06. The fraction of sp³-hybridized carbons (Fsp3) is 0.143. The number of carbonyl (C=O) groups is 1. The second-order valence-electron chi connectivity index (χ2n) is 6.54. The Balaban J connectivity index is 2.03. The number of rotatable bonds is 5. The zero-order chi connectivity index (χ0) is 19.6. The van der Waals surface area contributed by atoms with Gasteiger partial charge in [0.25, 0.3) is 10.0 Å². The fourth-order valence-corrected chi connectivity index (χ4v) is 3.85. The first-order chi connectivity index (χ1) is 12.8. The summed E-state index contributed by atoms with van der Waals surface area (Å²) in [4.78, 5) is 16.1. The molecule has 0 saturated carbocycles. The SMILES string of the molecule is Cc1ccc(S(=O)(=O)Nc2ccc(C)cc2C(=O)c2cc[nH+]cc2C)cc1. The maximum atomic E-state index is 13.1. The van der Waals surface area contributed by atoms with Crippen molar-refractivity contribution >= 4 is 21.5 Å². The van der Waals surface area contributed by atoms with Crippen LogP contribution >= 0.6 is 0 Å². The fourth-order valence-electron chi connectivity index (χ4n) is 2.77. The van der Waals surface area contributed by atoms with Crippen LogP contribution in [0, 0.1) is 20.8 Å². The minimum Gasteiger partial charge on any atom is -0.289 e. The maximum Gasteiger partial charge on any atom is 0.261 e. The van der Waals surface area contributed by atoms with E-state index in [-0.39, 0.29) is 16.4 Å². The summed E-state index contributed by atoms with van der Waals surface area (Å²) in [5.74, 6) is -0.230. The van der Waals surface area contributed by atoms with Gasteiger partial charge in [-0.1, -0.05) is 29.3 Å². The Morgan fingerprint density at radius 3 is 2.22 bits per heavy atom. The molecular formula is C21H21N2O3S+. The Bertz CT molecular complexity index is 1100. The minimum atomic E-state index is -3.80. The van der Waals surface area contributed by atoms with Crippen LogP contribution in [-0.2, 0) is 10.0 Å². The monoisotopic (exact) mass is 381 g/mol. The van der Waals surface area contributed by atoms with E-state index in [4.69, 9.17) is 0 Å². The van der Waals surface area contributed by atoms with E-state index in [0.717, 1.165) is 16.7 Å². The molecule has 2 aromatic carbocycles. The van der Waals surface area contributed by atoms with Crippen molar-refractivity contribution in [2.45, 2.75) is 25.7 Å². The molecule has 2 N–H and O–H groups in total. The lowest BCUT2D eigenvalue weighted by atomic mass is 9.98. The van der Waals surface area contributed by atoms with E-state index in [2.05, 4.69) is 9.71 Å². The van der Waals surface area contributed by atoms with Gasteiger partial charge in [-0.25, -0.2) is 13.4 Å². The second kappa shape index (κ2) is 7.32. The molecule has 5 nitrogen and oxygen atoms in total. The standard InChI is InChI=1S/C21H20N2O3S/c1-14-4-7-17(8-5-14)27(25,26)23-20-9-6-15(2)12-19(20)21(24)18-10-11-22-13-16(18)3/h4-13,23H,1-3H3/p+1. The smallest absolute Gasteiger partial charge is 0.261 e. The van der Waals surface area contributed by atoms with Gasteiger partial charge in [0.2, 0.25) is 0 Å². The molecule has 0 amide bonds. The lowest BCUT2D eigenvalue weighted by Crippen LogP contribution is -2.17. The summed E-state index contributed by atoms with van der Waals surface area (Å²) in [5.41, 5.74) is 3.73. The highest BCUT2D eigenvalue weighted by atomic mass is 32.2. The zero-order valence-electron chi connectivity index (χ0n) is 15.4. The number of nitrogens with one attached hydrogen (secondary N) is 2. The number of sulfonamides is 1. The molecule has 0 radical (unpaired) electrons. The van der Waals surface area contributed by atoms with Crippen LogP contribution in [0.4, 0.5) is 5.69 Å². The summed E-state index contributed by atoms with van der Waals surface area (Å²) in [6.07, 6.45) is 3.41. The number of aromatic nitrogens is 1. The number of pyridine rings is 1. The molecule has 1 heterocycles. The van der Waals surface area contributed by atoms with Crippen LogP contribution in [0.15, 0.2) is 65.8 Å². The Labute approximate surface area is 159 Å².